The van der Waals surface area contributed by atoms with Crippen LogP contribution in [-0.2, 0) is 11.3 Å². The molecule has 20 heavy (non-hydrogen) atoms. The van der Waals surface area contributed by atoms with Gasteiger partial charge in [0.25, 0.3) is 0 Å². The number of benzene rings is 1. The van der Waals surface area contributed by atoms with Gasteiger partial charge >= 0.3 is 0 Å². The molecule has 0 amide bonds. The monoisotopic (exact) mass is 276 g/mol. The standard InChI is InChI=1S/C15H20N2O3/c1-19-10-8-17(7-9-18)12-15-16-11-14(20-15)13-5-3-2-4-6-13/h2-6,11,18H,7-10,12H2,1H3. The van der Waals surface area contributed by atoms with E-state index in [1.54, 1.807) is 13.3 Å². The third-order valence-electron chi connectivity index (χ3n) is 3.00. The highest BCUT2D eigenvalue weighted by atomic mass is 16.5. The minimum Gasteiger partial charge on any atom is -0.439 e. The van der Waals surface area contributed by atoms with Crippen molar-refractivity contribution in [1.29, 1.82) is 0 Å². The summed E-state index contributed by atoms with van der Waals surface area (Å²) in [5, 5.41) is 9.06. The van der Waals surface area contributed by atoms with Gasteiger partial charge in [-0.1, -0.05) is 30.3 Å². The Balaban J connectivity index is 2.00. The lowest BCUT2D eigenvalue weighted by molar-refractivity contribution is 0.121. The molecular weight excluding hydrogens is 256 g/mol. The van der Waals surface area contributed by atoms with Gasteiger partial charge in [0.2, 0.25) is 5.89 Å². The minimum absolute atomic E-state index is 0.107. The SMILES string of the molecule is COCCN(CCO)Cc1ncc(-c2ccccc2)o1. The second-order valence-electron chi connectivity index (χ2n) is 4.48. The van der Waals surface area contributed by atoms with E-state index in [-0.39, 0.29) is 6.61 Å². The van der Waals surface area contributed by atoms with Gasteiger partial charge in [0.05, 0.1) is 26.0 Å². The number of aliphatic hydroxyl groups excluding tert-OH is 1. The number of aromatic nitrogens is 1. The number of methoxy groups -OCH3 is 1. The molecule has 0 radical (unpaired) electrons. The summed E-state index contributed by atoms with van der Waals surface area (Å²) in [6.07, 6.45) is 1.73. The summed E-state index contributed by atoms with van der Waals surface area (Å²) < 4.78 is 10.8. The highest BCUT2D eigenvalue weighted by molar-refractivity contribution is 5.55. The molecule has 1 aromatic heterocycles. The van der Waals surface area contributed by atoms with Crippen LogP contribution in [0.3, 0.4) is 0 Å². The molecule has 0 bridgehead atoms. The smallest absolute Gasteiger partial charge is 0.209 e. The topological polar surface area (TPSA) is 58.7 Å². The van der Waals surface area contributed by atoms with Gasteiger partial charge in [-0.05, 0) is 0 Å². The lowest BCUT2D eigenvalue weighted by atomic mass is 10.2. The molecule has 108 valence electrons. The summed E-state index contributed by atoms with van der Waals surface area (Å²) in [5.74, 6) is 1.41. The van der Waals surface area contributed by atoms with Crippen molar-refractivity contribution in [3.05, 3.63) is 42.4 Å². The van der Waals surface area contributed by atoms with Crippen molar-refractivity contribution in [3.63, 3.8) is 0 Å². The molecule has 0 fully saturated rings. The molecule has 1 N–H and O–H groups in total. The fourth-order valence-electron chi connectivity index (χ4n) is 1.94. The number of oxazole rings is 1. The molecule has 0 aliphatic heterocycles. The summed E-state index contributed by atoms with van der Waals surface area (Å²) in [4.78, 5) is 6.34. The molecule has 1 aromatic carbocycles. The van der Waals surface area contributed by atoms with Crippen molar-refractivity contribution in [2.45, 2.75) is 6.54 Å². The Morgan fingerprint density at radius 3 is 2.75 bits per heavy atom. The quantitative estimate of drug-likeness (QED) is 0.796. The second kappa shape index (κ2) is 7.79. The summed E-state index contributed by atoms with van der Waals surface area (Å²) >= 11 is 0. The van der Waals surface area contributed by atoms with Crippen LogP contribution in [0.1, 0.15) is 5.89 Å². The molecule has 5 nitrogen and oxygen atoms in total. The summed E-state index contributed by atoms with van der Waals surface area (Å²) in [6, 6.07) is 9.87. The Bertz CT molecular complexity index is 499. The van der Waals surface area contributed by atoms with Gasteiger partial charge in [0.1, 0.15) is 0 Å². The van der Waals surface area contributed by atoms with Crippen LogP contribution < -0.4 is 0 Å². The van der Waals surface area contributed by atoms with Gasteiger partial charge in [0.15, 0.2) is 5.76 Å². The first-order valence-electron chi connectivity index (χ1n) is 6.65. The van der Waals surface area contributed by atoms with Crippen LogP contribution in [0.5, 0.6) is 0 Å². The van der Waals surface area contributed by atoms with Crippen molar-refractivity contribution in [2.24, 2.45) is 0 Å². The van der Waals surface area contributed by atoms with Crippen LogP contribution in [0.25, 0.3) is 11.3 Å². The Morgan fingerprint density at radius 2 is 2.05 bits per heavy atom. The van der Waals surface area contributed by atoms with Gasteiger partial charge in [0, 0.05) is 25.8 Å². The Labute approximate surface area is 118 Å². The largest absolute Gasteiger partial charge is 0.439 e. The lowest BCUT2D eigenvalue weighted by Gasteiger charge is -2.18. The fraction of sp³-hybridized carbons (Fsp3) is 0.400. The van der Waals surface area contributed by atoms with Crippen molar-refractivity contribution in [3.8, 4) is 11.3 Å². The molecule has 0 spiro atoms. The van der Waals surface area contributed by atoms with Gasteiger partial charge in [-0.15, -0.1) is 0 Å². The molecule has 5 heteroatoms. The van der Waals surface area contributed by atoms with Gasteiger partial charge in [-0.3, -0.25) is 4.90 Å². The normalized spacial score (nSPS) is 11.2. The summed E-state index contributed by atoms with van der Waals surface area (Å²) in [6.45, 7) is 2.60. The zero-order chi connectivity index (χ0) is 14.2. The Kier molecular flexibility index (Phi) is 5.73. The van der Waals surface area contributed by atoms with Crippen LogP contribution in [0.15, 0.2) is 40.9 Å². The Hall–Kier alpha value is -1.69. The molecule has 0 aliphatic rings. The van der Waals surface area contributed by atoms with E-state index in [2.05, 4.69) is 4.98 Å². The van der Waals surface area contributed by atoms with Crippen LogP contribution in [0, 0.1) is 0 Å². The van der Waals surface area contributed by atoms with Crippen molar-refractivity contribution in [2.75, 3.05) is 33.4 Å². The van der Waals surface area contributed by atoms with E-state index in [1.807, 2.05) is 35.2 Å². The predicted octanol–water partition coefficient (Wildman–Crippen LogP) is 1.78. The van der Waals surface area contributed by atoms with E-state index in [0.717, 1.165) is 17.9 Å². The molecule has 2 aromatic rings. The third kappa shape index (κ3) is 4.16. The van der Waals surface area contributed by atoms with Crippen molar-refractivity contribution < 1.29 is 14.3 Å². The zero-order valence-corrected chi connectivity index (χ0v) is 11.7. The highest BCUT2D eigenvalue weighted by Crippen LogP contribution is 2.20. The van der Waals surface area contributed by atoms with E-state index in [1.165, 1.54) is 0 Å². The first-order chi connectivity index (χ1) is 9.83. The number of aliphatic hydroxyl groups is 1. The maximum atomic E-state index is 9.06. The zero-order valence-electron chi connectivity index (χ0n) is 11.7. The maximum Gasteiger partial charge on any atom is 0.209 e. The van der Waals surface area contributed by atoms with Crippen LogP contribution in [-0.4, -0.2) is 48.4 Å². The molecule has 1 heterocycles. The molecule has 0 aliphatic carbocycles. The molecular formula is C15H20N2O3. The first kappa shape index (κ1) is 14.7. The van der Waals surface area contributed by atoms with E-state index in [9.17, 15) is 0 Å². The lowest BCUT2D eigenvalue weighted by Crippen LogP contribution is -2.29. The highest BCUT2D eigenvalue weighted by Gasteiger charge is 2.11. The summed E-state index contributed by atoms with van der Waals surface area (Å²) in [5.41, 5.74) is 1.01. The van der Waals surface area contributed by atoms with Gasteiger partial charge in [-0.25, -0.2) is 4.98 Å². The number of hydrogen-bond acceptors (Lipinski definition) is 5. The van der Waals surface area contributed by atoms with Crippen LogP contribution in [0.4, 0.5) is 0 Å². The summed E-state index contributed by atoms with van der Waals surface area (Å²) in [7, 11) is 1.66. The van der Waals surface area contributed by atoms with E-state index >= 15 is 0 Å². The van der Waals surface area contributed by atoms with Crippen LogP contribution in [0.2, 0.25) is 0 Å². The number of hydrogen-bond donors (Lipinski definition) is 1. The van der Waals surface area contributed by atoms with Crippen molar-refractivity contribution in [1.82, 2.24) is 9.88 Å². The fourth-order valence-corrected chi connectivity index (χ4v) is 1.94. The van der Waals surface area contributed by atoms with E-state index in [4.69, 9.17) is 14.3 Å². The van der Waals surface area contributed by atoms with E-state index < -0.39 is 0 Å². The average molecular weight is 276 g/mol. The van der Waals surface area contributed by atoms with Gasteiger partial charge in [-0.2, -0.15) is 0 Å². The number of rotatable bonds is 8. The first-order valence-corrected chi connectivity index (χ1v) is 6.65. The molecule has 0 unspecified atom stereocenters. The maximum absolute atomic E-state index is 9.06. The molecule has 0 atom stereocenters. The average Bonchev–Trinajstić information content (AvgIpc) is 2.94. The number of nitrogens with zero attached hydrogens (tertiary/aromatic N) is 2. The third-order valence-corrected chi connectivity index (χ3v) is 3.00. The van der Waals surface area contributed by atoms with Crippen molar-refractivity contribution >= 4 is 0 Å². The predicted molar refractivity (Wildman–Crippen MR) is 76.2 cm³/mol. The molecule has 0 saturated heterocycles. The Morgan fingerprint density at radius 1 is 1.25 bits per heavy atom. The molecule has 2 rings (SSSR count). The van der Waals surface area contributed by atoms with Gasteiger partial charge < -0.3 is 14.3 Å². The van der Waals surface area contributed by atoms with Crippen LogP contribution >= 0.6 is 0 Å². The second-order valence-corrected chi connectivity index (χ2v) is 4.48. The van der Waals surface area contributed by atoms with E-state index in [0.29, 0.717) is 25.6 Å². The molecule has 0 saturated carbocycles. The number of ether oxygens (including phenoxy) is 1. The minimum atomic E-state index is 0.107.